The fourth-order valence-electron chi connectivity index (χ4n) is 2.83. The fraction of sp³-hybridized carbons (Fsp3) is 0.190. The molecule has 0 fully saturated rings. The van der Waals surface area contributed by atoms with Crippen molar-refractivity contribution in [2.75, 3.05) is 0 Å². The summed E-state index contributed by atoms with van der Waals surface area (Å²) in [6.45, 7) is 2.41. The summed E-state index contributed by atoms with van der Waals surface area (Å²) in [6.07, 6.45) is 9.16. The molecule has 2 aliphatic heterocycles. The van der Waals surface area contributed by atoms with Gasteiger partial charge in [0.15, 0.2) is 18.2 Å². The molecule has 1 aromatic heterocycles. The maximum absolute atomic E-state index is 12.1. The van der Waals surface area contributed by atoms with E-state index in [0.29, 0.717) is 5.84 Å². The van der Waals surface area contributed by atoms with Crippen molar-refractivity contribution in [3.63, 3.8) is 0 Å². The number of esters is 1. The van der Waals surface area contributed by atoms with Crippen LogP contribution in [0.3, 0.4) is 0 Å². The molecule has 4 rings (SSSR count). The number of fused-ring (bicyclic) bond motifs is 1. The molecule has 1 aromatic carbocycles. The lowest BCUT2D eigenvalue weighted by atomic mass is 10.1. The van der Waals surface area contributed by atoms with Gasteiger partial charge in [0.1, 0.15) is 10.2 Å². The standard InChI is InChI=1S/C21H19IN5O2/c1-21(22)15-24-27-19(25-21)11-18(12-23-27)17-7-9-26(10-8-17)13-20(28)29-14-16-5-3-2-4-6-16/h2-12,15H,13-14H2,1H3/q+1. The predicted octanol–water partition coefficient (Wildman–Crippen LogP) is 2.95. The van der Waals surface area contributed by atoms with Gasteiger partial charge >= 0.3 is 5.97 Å². The molecule has 3 heterocycles. The maximum atomic E-state index is 12.1. The van der Waals surface area contributed by atoms with Crippen LogP contribution in [-0.2, 0) is 22.7 Å². The Labute approximate surface area is 182 Å². The molecule has 2 aromatic rings. The van der Waals surface area contributed by atoms with Crippen LogP contribution in [0, 0.1) is 0 Å². The summed E-state index contributed by atoms with van der Waals surface area (Å²) in [6, 6.07) is 13.5. The number of benzene rings is 1. The Kier molecular flexibility index (Phi) is 5.52. The highest BCUT2D eigenvalue weighted by atomic mass is 127. The average Bonchev–Trinajstić information content (AvgIpc) is 2.72. The second-order valence-corrected chi connectivity index (χ2v) is 8.96. The van der Waals surface area contributed by atoms with E-state index in [2.05, 4.69) is 37.8 Å². The smallest absolute Gasteiger partial charge is 0.373 e. The second-order valence-electron chi connectivity index (χ2n) is 6.78. The van der Waals surface area contributed by atoms with Gasteiger partial charge in [0, 0.05) is 17.7 Å². The van der Waals surface area contributed by atoms with Gasteiger partial charge in [0.25, 0.3) is 0 Å². The summed E-state index contributed by atoms with van der Waals surface area (Å²) in [4.78, 5) is 16.7. The minimum atomic E-state index is -0.377. The zero-order chi connectivity index (χ0) is 20.3. The number of allylic oxidation sites excluding steroid dienone is 1. The number of aromatic nitrogens is 1. The number of amidine groups is 1. The van der Waals surface area contributed by atoms with E-state index in [0.717, 1.165) is 16.7 Å². The molecule has 2 aliphatic rings. The molecule has 0 saturated carbocycles. The topological polar surface area (TPSA) is 70.5 Å². The fourth-order valence-corrected chi connectivity index (χ4v) is 3.21. The van der Waals surface area contributed by atoms with Crippen molar-refractivity contribution in [1.82, 2.24) is 5.12 Å². The van der Waals surface area contributed by atoms with Crippen LogP contribution < -0.4 is 4.57 Å². The molecule has 0 radical (unpaired) electrons. The van der Waals surface area contributed by atoms with Crippen molar-refractivity contribution in [2.45, 2.75) is 23.6 Å². The average molecular weight is 500 g/mol. The molecule has 0 saturated heterocycles. The van der Waals surface area contributed by atoms with Gasteiger partial charge in [0.2, 0.25) is 6.54 Å². The largest absolute Gasteiger partial charge is 0.456 e. The summed E-state index contributed by atoms with van der Waals surface area (Å²) in [5.41, 5.74) is 2.88. The predicted molar refractivity (Wildman–Crippen MR) is 120 cm³/mol. The number of carbonyl (C=O) groups excluding carboxylic acids is 1. The SMILES string of the molecule is CC1(I)C=NN2N=CC(c3cc[n+](CC(=O)OCc4ccccc4)cc3)=CC2=N1. The van der Waals surface area contributed by atoms with E-state index in [1.807, 2.05) is 67.9 Å². The van der Waals surface area contributed by atoms with Gasteiger partial charge in [-0.15, -0.1) is 5.12 Å². The number of alkyl halides is 1. The normalized spacial score (nSPS) is 20.0. The molecule has 0 bridgehead atoms. The van der Waals surface area contributed by atoms with E-state index >= 15 is 0 Å². The van der Waals surface area contributed by atoms with Crippen molar-refractivity contribution in [2.24, 2.45) is 15.2 Å². The van der Waals surface area contributed by atoms with Crippen molar-refractivity contribution >= 4 is 52.4 Å². The van der Waals surface area contributed by atoms with Crippen LogP contribution in [0.1, 0.15) is 18.1 Å². The number of hydrogen-bond donors (Lipinski definition) is 0. The molecule has 1 atom stereocenters. The Morgan fingerprint density at radius 3 is 2.69 bits per heavy atom. The van der Waals surface area contributed by atoms with Gasteiger partial charge in [-0.2, -0.15) is 14.8 Å². The summed E-state index contributed by atoms with van der Waals surface area (Å²) in [5, 5.41) is 10.1. The van der Waals surface area contributed by atoms with Crippen molar-refractivity contribution in [3.05, 3.63) is 72.1 Å². The van der Waals surface area contributed by atoms with E-state index < -0.39 is 0 Å². The highest BCUT2D eigenvalue weighted by Crippen LogP contribution is 2.25. The van der Waals surface area contributed by atoms with Crippen LogP contribution in [0.4, 0.5) is 0 Å². The van der Waals surface area contributed by atoms with Crippen LogP contribution in [0.5, 0.6) is 0 Å². The summed E-state index contributed by atoms with van der Waals surface area (Å²) in [5.74, 6) is 0.416. The van der Waals surface area contributed by atoms with Crippen LogP contribution in [0.2, 0.25) is 0 Å². The number of hydrazone groups is 2. The molecule has 1 unspecified atom stereocenters. The van der Waals surface area contributed by atoms with Gasteiger partial charge < -0.3 is 4.74 Å². The van der Waals surface area contributed by atoms with Crippen LogP contribution in [0.25, 0.3) is 5.57 Å². The molecular formula is C21H19IN5O2+. The lowest BCUT2D eigenvalue weighted by Gasteiger charge is -2.25. The third kappa shape index (κ3) is 4.94. The zero-order valence-corrected chi connectivity index (χ0v) is 17.9. The van der Waals surface area contributed by atoms with Gasteiger partial charge in [0.05, 0.1) is 12.4 Å². The lowest BCUT2D eigenvalue weighted by Crippen LogP contribution is -2.38. The minimum absolute atomic E-state index is 0.155. The first-order valence-corrected chi connectivity index (χ1v) is 10.2. The summed E-state index contributed by atoms with van der Waals surface area (Å²) in [7, 11) is 0. The number of halogens is 1. The number of carbonyl (C=O) groups is 1. The van der Waals surface area contributed by atoms with Crippen molar-refractivity contribution in [3.8, 4) is 0 Å². The Hall–Kier alpha value is -2.88. The third-order valence-electron chi connectivity index (χ3n) is 4.31. The number of hydrogen-bond acceptors (Lipinski definition) is 6. The minimum Gasteiger partial charge on any atom is -0.456 e. The first-order chi connectivity index (χ1) is 14.0. The van der Waals surface area contributed by atoms with Gasteiger partial charge in [-0.1, -0.05) is 30.3 Å². The van der Waals surface area contributed by atoms with Gasteiger partial charge in [-0.05, 0) is 46.7 Å². The molecule has 0 aliphatic carbocycles. The van der Waals surface area contributed by atoms with E-state index in [4.69, 9.17) is 4.74 Å². The highest BCUT2D eigenvalue weighted by Gasteiger charge is 2.26. The van der Waals surface area contributed by atoms with Crippen molar-refractivity contribution < 1.29 is 14.1 Å². The Morgan fingerprint density at radius 2 is 1.93 bits per heavy atom. The molecule has 7 nitrogen and oxygen atoms in total. The Bertz CT molecular complexity index is 1030. The number of aliphatic imine (C=N–C) groups is 1. The van der Waals surface area contributed by atoms with E-state index in [1.165, 1.54) is 5.12 Å². The monoisotopic (exact) mass is 500 g/mol. The lowest BCUT2D eigenvalue weighted by molar-refractivity contribution is -0.686. The van der Waals surface area contributed by atoms with Gasteiger partial charge in [-0.25, -0.2) is 9.79 Å². The molecule has 146 valence electrons. The number of nitrogens with zero attached hydrogens (tertiary/aromatic N) is 5. The summed E-state index contributed by atoms with van der Waals surface area (Å²) >= 11 is 2.24. The van der Waals surface area contributed by atoms with E-state index in [-0.39, 0.29) is 22.7 Å². The number of pyridine rings is 1. The first-order valence-electron chi connectivity index (χ1n) is 9.07. The van der Waals surface area contributed by atoms with Crippen LogP contribution >= 0.6 is 22.6 Å². The Balaban J connectivity index is 1.39. The van der Waals surface area contributed by atoms with Crippen LogP contribution in [-0.4, -0.2) is 32.9 Å². The molecule has 8 heteroatoms. The summed E-state index contributed by atoms with van der Waals surface area (Å²) < 4.78 is 6.74. The van der Waals surface area contributed by atoms with Gasteiger partial charge in [-0.3, -0.25) is 0 Å². The molecule has 0 N–H and O–H groups in total. The molecule has 0 amide bonds. The van der Waals surface area contributed by atoms with Crippen LogP contribution in [0.15, 0.2) is 76.1 Å². The Morgan fingerprint density at radius 1 is 1.17 bits per heavy atom. The second kappa shape index (κ2) is 8.24. The quantitative estimate of drug-likeness (QED) is 0.209. The maximum Gasteiger partial charge on any atom is 0.373 e. The van der Waals surface area contributed by atoms with E-state index in [9.17, 15) is 4.79 Å². The van der Waals surface area contributed by atoms with Crippen molar-refractivity contribution in [1.29, 1.82) is 0 Å². The molecular weight excluding hydrogens is 481 g/mol. The zero-order valence-electron chi connectivity index (χ0n) is 15.8. The van der Waals surface area contributed by atoms with E-state index in [1.54, 1.807) is 17.0 Å². The molecule has 0 spiro atoms. The molecule has 29 heavy (non-hydrogen) atoms. The number of ether oxygens (including phenoxy) is 1. The number of rotatable bonds is 5. The third-order valence-corrected chi connectivity index (χ3v) is 4.83. The highest BCUT2D eigenvalue weighted by molar-refractivity contribution is 14.1. The first kappa shape index (κ1) is 19.4.